The van der Waals surface area contributed by atoms with Gasteiger partial charge in [-0.15, -0.1) is 5.10 Å². The Morgan fingerprint density at radius 1 is 1.05 bits per heavy atom. The van der Waals surface area contributed by atoms with E-state index < -0.39 is 0 Å². The van der Waals surface area contributed by atoms with Crippen LogP contribution in [0.4, 0.5) is 5.82 Å². The van der Waals surface area contributed by atoms with Crippen LogP contribution in [-0.2, 0) is 5.41 Å². The van der Waals surface area contributed by atoms with Gasteiger partial charge in [-0.2, -0.15) is 5.10 Å². The van der Waals surface area contributed by atoms with Crippen LogP contribution >= 0.6 is 0 Å². The molecule has 0 atom stereocenters. The molecule has 4 aliphatic rings. The molecule has 1 aromatic rings. The number of nitrogens with one attached hydrogen (secondary N) is 1. The highest BCUT2D eigenvalue weighted by Gasteiger charge is 2.52. The standard InChI is InChI=1S/C16H24N4/c17-3-4-18-15-2-1-14(19-20-15)16-8-11-5-12(9-16)7-13(6-11)10-16/h1-2,11-13H,3-10,17H2,(H,18,20). The van der Waals surface area contributed by atoms with E-state index in [1.807, 2.05) is 0 Å². The van der Waals surface area contributed by atoms with Crippen LogP contribution in [-0.4, -0.2) is 23.3 Å². The van der Waals surface area contributed by atoms with Gasteiger partial charge in [-0.1, -0.05) is 0 Å². The minimum atomic E-state index is 0.355. The van der Waals surface area contributed by atoms with Gasteiger partial charge in [-0.3, -0.25) is 0 Å². The lowest BCUT2D eigenvalue weighted by Gasteiger charge is -2.56. The van der Waals surface area contributed by atoms with Crippen LogP contribution in [0.3, 0.4) is 0 Å². The van der Waals surface area contributed by atoms with Gasteiger partial charge in [0.25, 0.3) is 0 Å². The predicted molar refractivity (Wildman–Crippen MR) is 79.4 cm³/mol. The molecule has 5 rings (SSSR count). The van der Waals surface area contributed by atoms with E-state index in [0.717, 1.165) is 30.1 Å². The molecule has 0 amide bonds. The Kier molecular flexibility index (Phi) is 2.95. The molecule has 4 aliphatic carbocycles. The Labute approximate surface area is 120 Å². The van der Waals surface area contributed by atoms with Crippen molar-refractivity contribution in [3.05, 3.63) is 17.8 Å². The summed E-state index contributed by atoms with van der Waals surface area (Å²) in [5, 5.41) is 12.1. The van der Waals surface area contributed by atoms with E-state index >= 15 is 0 Å². The number of rotatable bonds is 4. The molecule has 20 heavy (non-hydrogen) atoms. The van der Waals surface area contributed by atoms with Crippen LogP contribution in [0.1, 0.15) is 44.2 Å². The molecular weight excluding hydrogens is 248 g/mol. The number of aromatic nitrogens is 2. The maximum atomic E-state index is 5.50. The first-order chi connectivity index (χ1) is 9.77. The average molecular weight is 272 g/mol. The molecule has 0 saturated heterocycles. The molecule has 4 fully saturated rings. The van der Waals surface area contributed by atoms with Crippen molar-refractivity contribution in [2.24, 2.45) is 23.5 Å². The SMILES string of the molecule is NCCNc1ccc(C23CC4CC(CC(C4)C2)C3)nn1. The van der Waals surface area contributed by atoms with Gasteiger partial charge in [-0.25, -0.2) is 0 Å². The van der Waals surface area contributed by atoms with Crippen molar-refractivity contribution in [1.29, 1.82) is 0 Å². The van der Waals surface area contributed by atoms with Crippen LogP contribution in [0.5, 0.6) is 0 Å². The summed E-state index contributed by atoms with van der Waals surface area (Å²) in [5.74, 6) is 3.72. The summed E-state index contributed by atoms with van der Waals surface area (Å²) in [6.07, 6.45) is 8.48. The summed E-state index contributed by atoms with van der Waals surface area (Å²) >= 11 is 0. The molecule has 4 nitrogen and oxygen atoms in total. The van der Waals surface area contributed by atoms with E-state index in [4.69, 9.17) is 5.73 Å². The molecule has 0 unspecified atom stereocenters. The molecule has 0 aromatic carbocycles. The first kappa shape index (κ1) is 12.6. The molecule has 3 N–H and O–H groups in total. The third-order valence-electron chi connectivity index (χ3n) is 5.70. The van der Waals surface area contributed by atoms with Gasteiger partial charge in [0.1, 0.15) is 5.82 Å². The number of nitrogens with zero attached hydrogens (tertiary/aromatic N) is 2. The van der Waals surface area contributed by atoms with E-state index in [0.29, 0.717) is 12.0 Å². The first-order valence-corrected chi connectivity index (χ1v) is 8.05. The summed E-state index contributed by atoms with van der Waals surface area (Å²) in [7, 11) is 0. The smallest absolute Gasteiger partial charge is 0.148 e. The van der Waals surface area contributed by atoms with Crippen LogP contribution in [0.25, 0.3) is 0 Å². The monoisotopic (exact) mass is 272 g/mol. The van der Waals surface area contributed by atoms with Crippen molar-refractivity contribution in [3.63, 3.8) is 0 Å². The highest BCUT2D eigenvalue weighted by Crippen LogP contribution is 2.60. The number of anilines is 1. The van der Waals surface area contributed by atoms with Crippen molar-refractivity contribution >= 4 is 5.82 Å². The maximum Gasteiger partial charge on any atom is 0.148 e. The van der Waals surface area contributed by atoms with Crippen molar-refractivity contribution in [2.45, 2.75) is 43.9 Å². The van der Waals surface area contributed by atoms with Gasteiger partial charge in [-0.05, 0) is 68.4 Å². The number of hydrogen-bond acceptors (Lipinski definition) is 4. The fraction of sp³-hybridized carbons (Fsp3) is 0.750. The lowest BCUT2D eigenvalue weighted by Crippen LogP contribution is -2.49. The largest absolute Gasteiger partial charge is 0.367 e. The van der Waals surface area contributed by atoms with Crippen molar-refractivity contribution in [2.75, 3.05) is 18.4 Å². The van der Waals surface area contributed by atoms with Gasteiger partial charge in [0.2, 0.25) is 0 Å². The van der Waals surface area contributed by atoms with Crippen molar-refractivity contribution in [1.82, 2.24) is 10.2 Å². The summed E-state index contributed by atoms with van der Waals surface area (Å²) in [6.45, 7) is 1.38. The summed E-state index contributed by atoms with van der Waals surface area (Å²) in [4.78, 5) is 0. The zero-order chi connectivity index (χ0) is 13.6. The van der Waals surface area contributed by atoms with Gasteiger partial charge < -0.3 is 11.1 Å². The van der Waals surface area contributed by atoms with Gasteiger partial charge in [0, 0.05) is 18.5 Å². The predicted octanol–water partition coefficient (Wildman–Crippen LogP) is 2.32. The molecule has 1 heterocycles. The van der Waals surface area contributed by atoms with E-state index in [1.165, 1.54) is 44.2 Å². The minimum Gasteiger partial charge on any atom is -0.367 e. The summed E-state index contributed by atoms with van der Waals surface area (Å²) in [6, 6.07) is 4.29. The fourth-order valence-electron chi connectivity index (χ4n) is 5.33. The Bertz CT molecular complexity index is 446. The second-order valence-corrected chi connectivity index (χ2v) is 7.22. The lowest BCUT2D eigenvalue weighted by molar-refractivity contribution is -0.00757. The normalized spacial score (nSPS) is 38.1. The van der Waals surface area contributed by atoms with Crippen LogP contribution in [0.2, 0.25) is 0 Å². The molecule has 0 spiro atoms. The molecule has 4 heteroatoms. The molecular formula is C16H24N4. The molecule has 108 valence electrons. The molecule has 4 saturated carbocycles. The van der Waals surface area contributed by atoms with Crippen molar-refractivity contribution < 1.29 is 0 Å². The molecule has 1 aromatic heterocycles. The number of nitrogens with two attached hydrogens (primary N) is 1. The maximum absolute atomic E-state index is 5.50. The second-order valence-electron chi connectivity index (χ2n) is 7.22. The zero-order valence-electron chi connectivity index (χ0n) is 12.0. The average Bonchev–Trinajstić information content (AvgIpc) is 2.44. The van der Waals surface area contributed by atoms with Crippen LogP contribution in [0, 0.1) is 17.8 Å². The van der Waals surface area contributed by atoms with Crippen LogP contribution in [0.15, 0.2) is 12.1 Å². The Morgan fingerprint density at radius 3 is 2.20 bits per heavy atom. The second kappa shape index (κ2) is 4.69. The third-order valence-corrected chi connectivity index (χ3v) is 5.70. The van der Waals surface area contributed by atoms with Gasteiger partial charge >= 0.3 is 0 Å². The quantitative estimate of drug-likeness (QED) is 0.883. The fourth-order valence-corrected chi connectivity index (χ4v) is 5.33. The summed E-state index contributed by atoms with van der Waals surface area (Å²) < 4.78 is 0. The minimum absolute atomic E-state index is 0.355. The first-order valence-electron chi connectivity index (χ1n) is 8.05. The van der Waals surface area contributed by atoms with Crippen molar-refractivity contribution in [3.8, 4) is 0 Å². The number of hydrogen-bond donors (Lipinski definition) is 2. The van der Waals surface area contributed by atoms with E-state index in [1.54, 1.807) is 0 Å². The topological polar surface area (TPSA) is 63.8 Å². The zero-order valence-corrected chi connectivity index (χ0v) is 12.0. The van der Waals surface area contributed by atoms with Gasteiger partial charge in [0.15, 0.2) is 0 Å². The van der Waals surface area contributed by atoms with E-state index in [9.17, 15) is 0 Å². The van der Waals surface area contributed by atoms with E-state index in [2.05, 4.69) is 27.6 Å². The van der Waals surface area contributed by atoms with Gasteiger partial charge in [0.05, 0.1) is 5.69 Å². The Balaban J connectivity index is 1.57. The molecule has 0 aliphatic heterocycles. The van der Waals surface area contributed by atoms with E-state index in [-0.39, 0.29) is 0 Å². The lowest BCUT2D eigenvalue weighted by atomic mass is 9.49. The summed E-state index contributed by atoms with van der Waals surface area (Å²) in [5.41, 5.74) is 7.10. The highest BCUT2D eigenvalue weighted by atomic mass is 15.2. The Morgan fingerprint density at radius 2 is 1.70 bits per heavy atom. The van der Waals surface area contributed by atoms with Crippen LogP contribution < -0.4 is 11.1 Å². The molecule has 0 radical (unpaired) electrons. The highest BCUT2D eigenvalue weighted by molar-refractivity contribution is 5.35. The molecule has 4 bridgehead atoms. The third kappa shape index (κ3) is 2.01. The Hall–Kier alpha value is -1.16.